The Labute approximate surface area is 107 Å². The van der Waals surface area contributed by atoms with Crippen molar-refractivity contribution in [2.75, 3.05) is 14.1 Å². The first-order valence-electron chi connectivity index (χ1n) is 5.77. The van der Waals surface area contributed by atoms with Gasteiger partial charge >= 0.3 is 0 Å². The monoisotopic (exact) mass is 297 g/mol. The number of hydrogen-bond acceptors (Lipinski definition) is 4. The molecule has 16 heavy (non-hydrogen) atoms. The van der Waals surface area contributed by atoms with Crippen LogP contribution in [0, 0.1) is 0 Å². The lowest BCUT2D eigenvalue weighted by atomic mass is 11.3. The van der Waals surface area contributed by atoms with Crippen LogP contribution < -0.4 is 0 Å². The maximum absolute atomic E-state index is 5.96. The lowest BCUT2D eigenvalue weighted by Gasteiger charge is -2.27. The Morgan fingerprint density at radius 2 is 1.38 bits per heavy atom. The van der Waals surface area contributed by atoms with Crippen LogP contribution in [0.2, 0.25) is 39.3 Å². The normalized spacial score (nSPS) is 18.6. The molecule has 0 aliphatic carbocycles. The Hall–Kier alpha value is 0.708. The van der Waals surface area contributed by atoms with Gasteiger partial charge in [-0.3, -0.25) is 0 Å². The Balaban J connectivity index is 3.91. The van der Waals surface area contributed by atoms with Crippen molar-refractivity contribution < 1.29 is 12.3 Å². The first-order valence-corrected chi connectivity index (χ1v) is 15.5. The summed E-state index contributed by atoms with van der Waals surface area (Å²) in [4.78, 5) is 0. The Kier molecular flexibility index (Phi) is 7.53. The van der Waals surface area contributed by atoms with E-state index in [9.17, 15) is 0 Å². The number of rotatable bonds is 7. The summed E-state index contributed by atoms with van der Waals surface area (Å²) in [6.07, 6.45) is 0. The van der Waals surface area contributed by atoms with Crippen LogP contribution in [-0.4, -0.2) is 54.7 Å². The summed E-state index contributed by atoms with van der Waals surface area (Å²) in [5.74, 6) is 0. The van der Waals surface area contributed by atoms with E-state index in [1.54, 1.807) is 0 Å². The van der Waals surface area contributed by atoms with Crippen LogP contribution in [0.5, 0.6) is 0 Å². The van der Waals surface area contributed by atoms with Gasteiger partial charge in [0.2, 0.25) is 9.20 Å². The summed E-state index contributed by atoms with van der Waals surface area (Å²) >= 11 is 0. The van der Waals surface area contributed by atoms with E-state index in [1.807, 2.05) is 0 Å². The van der Waals surface area contributed by atoms with E-state index in [4.69, 9.17) is 12.3 Å². The highest BCUT2D eigenvalue weighted by molar-refractivity contribution is 6.77. The molecular weight excluding hydrogens is 270 g/mol. The molecule has 0 aromatic heterocycles. The van der Waals surface area contributed by atoms with Gasteiger partial charge in [-0.15, -0.1) is 0 Å². The Morgan fingerprint density at radius 3 is 1.75 bits per heavy atom. The van der Waals surface area contributed by atoms with Gasteiger partial charge in [0.25, 0.3) is 18.6 Å². The minimum atomic E-state index is -1.48. The lowest BCUT2D eigenvalue weighted by molar-refractivity contribution is 0.362. The molecule has 0 bridgehead atoms. The van der Waals surface area contributed by atoms with Crippen molar-refractivity contribution in [3.63, 3.8) is 0 Å². The smallest absolute Gasteiger partial charge is 0.299 e. The van der Waals surface area contributed by atoms with E-state index < -0.39 is 36.1 Å². The molecule has 98 valence electrons. The highest BCUT2D eigenvalue weighted by Crippen LogP contribution is 2.07. The van der Waals surface area contributed by atoms with E-state index >= 15 is 0 Å². The number of nitrogens with zero attached hydrogens (tertiary/aromatic N) is 1. The van der Waals surface area contributed by atoms with Gasteiger partial charge < -0.3 is 16.9 Å². The summed E-state index contributed by atoms with van der Waals surface area (Å²) in [6, 6.07) is 0. The third kappa shape index (κ3) is 8.81. The van der Waals surface area contributed by atoms with Crippen molar-refractivity contribution in [2.45, 2.75) is 39.3 Å². The quantitative estimate of drug-likeness (QED) is 0.656. The predicted octanol–water partition coefficient (Wildman–Crippen LogP) is 0.984. The molecule has 0 saturated carbocycles. The second-order valence-corrected chi connectivity index (χ2v) is 17.0. The molecule has 0 heterocycles. The molecule has 0 aliphatic heterocycles. The summed E-state index contributed by atoms with van der Waals surface area (Å²) < 4.78 is 20.0. The number of hydrogen-bond donors (Lipinski definition) is 0. The zero-order valence-corrected chi connectivity index (χ0v) is 16.4. The fraction of sp³-hybridized carbons (Fsp3) is 1.00. The van der Waals surface area contributed by atoms with Crippen molar-refractivity contribution in [3.05, 3.63) is 0 Å². The predicted molar refractivity (Wildman–Crippen MR) is 79.3 cm³/mol. The first-order chi connectivity index (χ1) is 7.11. The van der Waals surface area contributed by atoms with Crippen molar-refractivity contribution in [1.29, 1.82) is 0 Å². The molecule has 3 unspecified atom stereocenters. The highest BCUT2D eigenvalue weighted by atomic mass is 28.4. The average molecular weight is 298 g/mol. The van der Waals surface area contributed by atoms with Crippen LogP contribution in [0.15, 0.2) is 0 Å². The van der Waals surface area contributed by atoms with Crippen LogP contribution in [0.1, 0.15) is 0 Å². The molecule has 0 spiro atoms. The maximum Gasteiger partial charge on any atom is 0.299 e. The topological polar surface area (TPSA) is 30.9 Å². The second kappa shape index (κ2) is 7.21. The van der Waals surface area contributed by atoms with Crippen molar-refractivity contribution in [3.8, 4) is 0 Å². The van der Waals surface area contributed by atoms with Crippen molar-refractivity contribution in [2.24, 2.45) is 0 Å². The van der Waals surface area contributed by atoms with Crippen LogP contribution in [0.4, 0.5) is 0 Å². The molecular formula is C8H27NO3Si4. The third-order valence-electron chi connectivity index (χ3n) is 2.02. The summed E-state index contributed by atoms with van der Waals surface area (Å²) in [5, 5.41) is 0. The minimum absolute atomic E-state index is 1.20. The second-order valence-electron chi connectivity index (χ2n) is 5.20. The molecule has 8 heteroatoms. The zero-order valence-electron chi connectivity index (χ0n) is 11.9. The molecule has 0 N–H and O–H groups in total. The van der Waals surface area contributed by atoms with Gasteiger partial charge in [0.1, 0.15) is 0 Å². The molecule has 4 nitrogen and oxygen atoms in total. The molecule has 0 aromatic carbocycles. The SMILES string of the molecule is CN(C)[SiH](C)O[SiH](C)O[SiH](C)O[Si](C)(C)C. The van der Waals surface area contributed by atoms with Gasteiger partial charge in [0.05, 0.1) is 0 Å². The van der Waals surface area contributed by atoms with Crippen LogP contribution in [-0.2, 0) is 12.3 Å². The highest BCUT2D eigenvalue weighted by Gasteiger charge is 2.23. The van der Waals surface area contributed by atoms with Gasteiger partial charge in [0, 0.05) is 0 Å². The molecule has 0 aromatic rings. The van der Waals surface area contributed by atoms with Gasteiger partial charge in [-0.25, -0.2) is 0 Å². The van der Waals surface area contributed by atoms with E-state index in [-0.39, 0.29) is 0 Å². The van der Waals surface area contributed by atoms with E-state index in [2.05, 4.69) is 57.9 Å². The van der Waals surface area contributed by atoms with E-state index in [1.165, 1.54) is 0 Å². The zero-order chi connectivity index (χ0) is 12.9. The molecule has 3 atom stereocenters. The maximum atomic E-state index is 5.96. The molecule has 0 radical (unpaired) electrons. The fourth-order valence-electron chi connectivity index (χ4n) is 1.23. The largest absolute Gasteiger partial charge is 0.439 e. The van der Waals surface area contributed by atoms with Gasteiger partial charge in [0.15, 0.2) is 8.32 Å². The van der Waals surface area contributed by atoms with Crippen LogP contribution in [0.25, 0.3) is 0 Å². The van der Waals surface area contributed by atoms with Crippen LogP contribution in [0.3, 0.4) is 0 Å². The Morgan fingerprint density at radius 1 is 0.875 bits per heavy atom. The van der Waals surface area contributed by atoms with E-state index in [0.29, 0.717) is 0 Å². The van der Waals surface area contributed by atoms with Crippen molar-refractivity contribution >= 4 is 36.1 Å². The average Bonchev–Trinajstić information content (AvgIpc) is 1.98. The van der Waals surface area contributed by atoms with Crippen molar-refractivity contribution in [1.82, 2.24) is 4.57 Å². The molecule has 0 fully saturated rings. The van der Waals surface area contributed by atoms with Gasteiger partial charge in [-0.1, -0.05) is 0 Å². The minimum Gasteiger partial charge on any atom is -0.439 e. The molecule has 0 aliphatic rings. The van der Waals surface area contributed by atoms with E-state index in [0.717, 1.165) is 0 Å². The molecule has 0 amide bonds. The molecule has 0 rings (SSSR count). The molecule has 0 saturated heterocycles. The standard InChI is InChI=1S/C8H27NO3Si4/c1-9(2)13(3)10-14(4)11-15(5)12-16(6,7)8/h13-15H,1-8H3. The third-order valence-corrected chi connectivity index (χ3v) is 13.8. The van der Waals surface area contributed by atoms with Crippen LogP contribution >= 0.6 is 0 Å². The lowest BCUT2D eigenvalue weighted by Crippen LogP contribution is -2.43. The fourth-order valence-corrected chi connectivity index (χ4v) is 12.1. The summed E-state index contributed by atoms with van der Waals surface area (Å²) in [7, 11) is -1.47. The summed E-state index contributed by atoms with van der Waals surface area (Å²) in [5.41, 5.74) is 0. The summed E-state index contributed by atoms with van der Waals surface area (Å²) in [6.45, 7) is 13.0. The van der Waals surface area contributed by atoms with Gasteiger partial charge in [-0.05, 0) is 53.4 Å². The van der Waals surface area contributed by atoms with Gasteiger partial charge in [-0.2, -0.15) is 0 Å². The first kappa shape index (κ1) is 16.7. The Bertz CT molecular complexity index is 200.